The van der Waals surface area contributed by atoms with Crippen LogP contribution in [0.5, 0.6) is 0 Å². The van der Waals surface area contributed by atoms with E-state index in [1.165, 1.54) is 25.9 Å². The second-order valence-corrected chi connectivity index (χ2v) is 7.93. The Morgan fingerprint density at radius 1 is 1.07 bits per heavy atom. The summed E-state index contributed by atoms with van der Waals surface area (Å²) in [5, 5.41) is 9.08. The lowest BCUT2D eigenvalue weighted by atomic mass is 9.97. The quantitative estimate of drug-likeness (QED) is 0.793. The van der Waals surface area contributed by atoms with Crippen molar-refractivity contribution in [3.05, 3.63) is 24.0 Å². The van der Waals surface area contributed by atoms with Crippen LogP contribution in [0.25, 0.3) is 0 Å². The molecule has 4 rings (SSSR count). The van der Waals surface area contributed by atoms with E-state index in [9.17, 15) is 0 Å². The standard InChI is InChI=1S/C19H30N8/c1-24(2)16-11-17(21-14-20-16)27-10-6-7-15(12-27)19-23-22-18(25(19)3)13-26-8-4-5-9-26/h11,14-15H,4-10,12-13H2,1-3H3/t15-/m0/s1. The van der Waals surface area contributed by atoms with Gasteiger partial charge in [0.05, 0.1) is 6.54 Å². The molecule has 0 amide bonds. The smallest absolute Gasteiger partial charge is 0.146 e. The molecule has 1 atom stereocenters. The van der Waals surface area contributed by atoms with Gasteiger partial charge in [-0.1, -0.05) is 0 Å². The van der Waals surface area contributed by atoms with Gasteiger partial charge in [0.1, 0.15) is 29.6 Å². The number of nitrogens with zero attached hydrogens (tertiary/aromatic N) is 8. The first-order chi connectivity index (χ1) is 13.1. The first-order valence-corrected chi connectivity index (χ1v) is 9.96. The second kappa shape index (κ2) is 7.80. The minimum atomic E-state index is 0.390. The van der Waals surface area contributed by atoms with Gasteiger partial charge < -0.3 is 14.4 Å². The minimum Gasteiger partial charge on any atom is -0.363 e. The normalized spacial score (nSPS) is 21.0. The molecule has 4 heterocycles. The van der Waals surface area contributed by atoms with Gasteiger partial charge in [-0.05, 0) is 38.8 Å². The molecule has 0 N–H and O–H groups in total. The molecular weight excluding hydrogens is 340 g/mol. The lowest BCUT2D eigenvalue weighted by Gasteiger charge is -2.33. The first-order valence-electron chi connectivity index (χ1n) is 9.96. The minimum absolute atomic E-state index is 0.390. The molecule has 27 heavy (non-hydrogen) atoms. The maximum Gasteiger partial charge on any atom is 0.146 e. The fourth-order valence-corrected chi connectivity index (χ4v) is 4.16. The van der Waals surface area contributed by atoms with Crippen molar-refractivity contribution in [1.82, 2.24) is 29.6 Å². The van der Waals surface area contributed by atoms with E-state index in [1.807, 2.05) is 19.0 Å². The fourth-order valence-electron chi connectivity index (χ4n) is 4.16. The van der Waals surface area contributed by atoms with E-state index in [4.69, 9.17) is 0 Å². The highest BCUT2D eigenvalue weighted by molar-refractivity contribution is 5.49. The molecule has 0 radical (unpaired) electrons. The van der Waals surface area contributed by atoms with Crippen molar-refractivity contribution in [3.8, 4) is 0 Å². The van der Waals surface area contributed by atoms with Crippen LogP contribution in [-0.4, -0.2) is 69.9 Å². The molecule has 2 aliphatic rings. The summed E-state index contributed by atoms with van der Waals surface area (Å²) in [6.07, 6.45) is 6.55. The van der Waals surface area contributed by atoms with Crippen LogP contribution < -0.4 is 9.80 Å². The Hall–Kier alpha value is -2.22. The summed E-state index contributed by atoms with van der Waals surface area (Å²) in [7, 11) is 6.13. The van der Waals surface area contributed by atoms with Crippen molar-refractivity contribution in [2.45, 2.75) is 38.1 Å². The van der Waals surface area contributed by atoms with Crippen molar-refractivity contribution in [2.75, 3.05) is 50.1 Å². The maximum absolute atomic E-state index is 4.57. The molecule has 0 aliphatic carbocycles. The largest absolute Gasteiger partial charge is 0.363 e. The van der Waals surface area contributed by atoms with Crippen molar-refractivity contribution >= 4 is 11.6 Å². The summed E-state index contributed by atoms with van der Waals surface area (Å²) >= 11 is 0. The van der Waals surface area contributed by atoms with Crippen LogP contribution in [0.15, 0.2) is 12.4 Å². The lowest BCUT2D eigenvalue weighted by Crippen LogP contribution is -2.36. The number of piperidine rings is 1. The maximum atomic E-state index is 4.57. The highest BCUT2D eigenvalue weighted by Crippen LogP contribution is 2.29. The Balaban J connectivity index is 1.48. The number of hydrogen-bond donors (Lipinski definition) is 0. The summed E-state index contributed by atoms with van der Waals surface area (Å²) in [5.74, 6) is 4.52. The summed E-state index contributed by atoms with van der Waals surface area (Å²) in [4.78, 5) is 15.7. The van der Waals surface area contributed by atoms with Crippen LogP contribution in [0.1, 0.15) is 43.3 Å². The number of aromatic nitrogens is 5. The topological polar surface area (TPSA) is 66.2 Å². The number of likely N-dealkylation sites (tertiary alicyclic amines) is 1. The van der Waals surface area contributed by atoms with Crippen LogP contribution >= 0.6 is 0 Å². The van der Waals surface area contributed by atoms with Crippen LogP contribution in [-0.2, 0) is 13.6 Å². The Bertz CT molecular complexity index is 765. The monoisotopic (exact) mass is 370 g/mol. The van der Waals surface area contributed by atoms with E-state index in [-0.39, 0.29) is 0 Å². The third-order valence-electron chi connectivity index (χ3n) is 5.77. The highest BCUT2D eigenvalue weighted by Gasteiger charge is 2.27. The molecule has 8 nitrogen and oxygen atoms in total. The van der Waals surface area contributed by atoms with Gasteiger partial charge in [-0.2, -0.15) is 0 Å². The third kappa shape index (κ3) is 3.90. The van der Waals surface area contributed by atoms with Gasteiger partial charge in [-0.15, -0.1) is 10.2 Å². The van der Waals surface area contributed by atoms with E-state index >= 15 is 0 Å². The summed E-state index contributed by atoms with van der Waals surface area (Å²) in [6, 6.07) is 2.07. The van der Waals surface area contributed by atoms with Gasteiger partial charge in [0.15, 0.2) is 0 Å². The zero-order valence-electron chi connectivity index (χ0n) is 16.7. The SMILES string of the molecule is CN(C)c1cc(N2CCC[C@H](c3nnc(CN4CCCC4)n3C)C2)ncn1. The summed E-state index contributed by atoms with van der Waals surface area (Å²) in [6.45, 7) is 5.24. The zero-order valence-corrected chi connectivity index (χ0v) is 16.7. The Labute approximate surface area is 161 Å². The van der Waals surface area contributed by atoms with Gasteiger partial charge >= 0.3 is 0 Å². The molecule has 0 aromatic carbocycles. The average Bonchev–Trinajstić information content (AvgIpc) is 3.33. The molecule has 0 saturated carbocycles. The van der Waals surface area contributed by atoms with E-state index in [0.29, 0.717) is 5.92 Å². The van der Waals surface area contributed by atoms with E-state index < -0.39 is 0 Å². The third-order valence-corrected chi connectivity index (χ3v) is 5.77. The van der Waals surface area contributed by atoms with Crippen LogP contribution in [0.4, 0.5) is 11.6 Å². The molecule has 2 aromatic heterocycles. The van der Waals surface area contributed by atoms with E-state index in [1.54, 1.807) is 6.33 Å². The fraction of sp³-hybridized carbons (Fsp3) is 0.684. The van der Waals surface area contributed by atoms with Gasteiger partial charge in [-0.25, -0.2) is 9.97 Å². The molecule has 2 saturated heterocycles. The van der Waals surface area contributed by atoms with Crippen molar-refractivity contribution in [2.24, 2.45) is 7.05 Å². The molecule has 0 unspecified atom stereocenters. The highest BCUT2D eigenvalue weighted by atomic mass is 15.3. The second-order valence-electron chi connectivity index (χ2n) is 7.93. The molecule has 8 heteroatoms. The Morgan fingerprint density at radius 3 is 2.67 bits per heavy atom. The van der Waals surface area contributed by atoms with Gasteiger partial charge in [-0.3, -0.25) is 4.90 Å². The van der Waals surface area contributed by atoms with Crippen molar-refractivity contribution in [3.63, 3.8) is 0 Å². The van der Waals surface area contributed by atoms with Gasteiger partial charge in [0.2, 0.25) is 0 Å². The molecular formula is C19H30N8. The Morgan fingerprint density at radius 2 is 1.89 bits per heavy atom. The first kappa shape index (κ1) is 18.2. The predicted molar refractivity (Wildman–Crippen MR) is 106 cm³/mol. The van der Waals surface area contributed by atoms with Crippen LogP contribution in [0.2, 0.25) is 0 Å². The average molecular weight is 371 g/mol. The molecule has 2 aliphatic heterocycles. The molecule has 146 valence electrons. The van der Waals surface area contributed by atoms with Crippen LogP contribution in [0.3, 0.4) is 0 Å². The lowest BCUT2D eigenvalue weighted by molar-refractivity contribution is 0.317. The van der Waals surface area contributed by atoms with Crippen LogP contribution in [0, 0.1) is 0 Å². The Kier molecular flexibility index (Phi) is 5.24. The van der Waals surface area contributed by atoms with Gasteiger partial charge in [0.25, 0.3) is 0 Å². The molecule has 0 spiro atoms. The number of rotatable bonds is 5. The number of hydrogen-bond acceptors (Lipinski definition) is 7. The molecule has 2 aromatic rings. The van der Waals surface area contributed by atoms with Crippen molar-refractivity contribution < 1.29 is 0 Å². The molecule has 2 fully saturated rings. The van der Waals surface area contributed by atoms with E-state index in [0.717, 1.165) is 55.8 Å². The zero-order chi connectivity index (χ0) is 18.8. The predicted octanol–water partition coefficient (Wildman–Crippen LogP) is 1.65. The van der Waals surface area contributed by atoms with Crippen molar-refractivity contribution in [1.29, 1.82) is 0 Å². The van der Waals surface area contributed by atoms with Gasteiger partial charge in [0, 0.05) is 46.2 Å². The summed E-state index contributed by atoms with van der Waals surface area (Å²) in [5.41, 5.74) is 0. The van der Waals surface area contributed by atoms with E-state index in [2.05, 4.69) is 47.6 Å². The molecule has 0 bridgehead atoms. The summed E-state index contributed by atoms with van der Waals surface area (Å²) < 4.78 is 2.22. The number of anilines is 2.